The molecule has 0 aromatic carbocycles. The van der Waals surface area contributed by atoms with Gasteiger partial charge in [-0.15, -0.1) is 0 Å². The molecule has 1 unspecified atom stereocenters. The van der Waals surface area contributed by atoms with Crippen LogP contribution in [0.15, 0.2) is 55.4 Å². The predicted molar refractivity (Wildman–Crippen MR) is 138 cm³/mol. The lowest BCUT2D eigenvalue weighted by molar-refractivity contribution is -0.145. The number of carbonyl (C=O) groups excluding carboxylic acids is 2. The summed E-state index contributed by atoms with van der Waals surface area (Å²) in [4.78, 5) is 40.9. The quantitative estimate of drug-likeness (QED) is 0.279. The highest BCUT2D eigenvalue weighted by Gasteiger charge is 2.40. The van der Waals surface area contributed by atoms with Crippen LogP contribution in [0.25, 0.3) is 12.2 Å². The van der Waals surface area contributed by atoms with Gasteiger partial charge >= 0.3 is 5.97 Å². The van der Waals surface area contributed by atoms with E-state index < -0.39 is 17.9 Å². The van der Waals surface area contributed by atoms with Crippen LogP contribution in [0.3, 0.4) is 0 Å². The van der Waals surface area contributed by atoms with E-state index in [0.717, 1.165) is 16.7 Å². The Morgan fingerprint density at radius 2 is 1.56 bits per heavy atom. The molecule has 0 spiro atoms. The van der Waals surface area contributed by atoms with Crippen molar-refractivity contribution in [3.8, 4) is 0 Å². The molecule has 2 aromatic heterocycles. The lowest BCUT2D eigenvalue weighted by Crippen LogP contribution is -2.44. The number of carbonyl (C=O) groups is 3. The highest BCUT2D eigenvalue weighted by molar-refractivity contribution is 8.27. The standard InChI is InChI=1S/C22H18N2O6S4/c25-18-16(11-13-5-3-9-29-13)33-21(31)23(18)8-2-1-7-15(20(27)28)24-19(26)17(34-22(24)32)12-14-6-4-10-30-14/h3-6,9-12,15H,1-2,7-8H2,(H,27,28). The summed E-state index contributed by atoms with van der Waals surface area (Å²) < 4.78 is 11.1. The van der Waals surface area contributed by atoms with E-state index in [4.69, 9.17) is 33.3 Å². The highest BCUT2D eigenvalue weighted by atomic mass is 32.2. The Bertz CT molecular complexity index is 1190. The minimum absolute atomic E-state index is 0.187. The lowest BCUT2D eigenvalue weighted by atomic mass is 10.1. The summed E-state index contributed by atoms with van der Waals surface area (Å²) >= 11 is 12.9. The summed E-state index contributed by atoms with van der Waals surface area (Å²) in [6.45, 7) is 0.350. The second-order valence-electron chi connectivity index (χ2n) is 7.27. The maximum Gasteiger partial charge on any atom is 0.326 e. The Kier molecular flexibility index (Phi) is 7.71. The number of hydrogen-bond donors (Lipinski definition) is 1. The molecule has 1 atom stereocenters. The third kappa shape index (κ3) is 5.35. The van der Waals surface area contributed by atoms with Gasteiger partial charge in [-0.3, -0.25) is 19.4 Å². The van der Waals surface area contributed by atoms with Gasteiger partial charge in [0.15, 0.2) is 0 Å². The van der Waals surface area contributed by atoms with E-state index in [1.807, 2.05) is 0 Å². The third-order valence-electron chi connectivity index (χ3n) is 5.04. The molecule has 176 valence electrons. The van der Waals surface area contributed by atoms with Crippen LogP contribution < -0.4 is 0 Å². The number of carboxylic acids is 1. The molecule has 2 saturated heterocycles. The van der Waals surface area contributed by atoms with Crippen LogP contribution in [0.2, 0.25) is 0 Å². The monoisotopic (exact) mass is 534 g/mol. The van der Waals surface area contributed by atoms with E-state index in [1.54, 1.807) is 36.4 Å². The van der Waals surface area contributed by atoms with Gasteiger partial charge in [0.05, 0.1) is 22.3 Å². The van der Waals surface area contributed by atoms with E-state index >= 15 is 0 Å². The molecule has 1 N–H and O–H groups in total. The van der Waals surface area contributed by atoms with Crippen LogP contribution in [-0.2, 0) is 14.4 Å². The minimum atomic E-state index is -1.14. The number of carboxylic acid groups (broad SMARTS) is 1. The van der Waals surface area contributed by atoms with Crippen molar-refractivity contribution in [1.82, 2.24) is 9.80 Å². The van der Waals surface area contributed by atoms with Crippen LogP contribution >= 0.6 is 48.0 Å². The summed E-state index contributed by atoms with van der Waals surface area (Å²) in [5.41, 5.74) is 0. The largest absolute Gasteiger partial charge is 0.480 e. The van der Waals surface area contributed by atoms with Crippen molar-refractivity contribution in [2.75, 3.05) is 6.54 Å². The van der Waals surface area contributed by atoms with Gasteiger partial charge in [-0.2, -0.15) is 0 Å². The molecule has 2 amide bonds. The maximum absolute atomic E-state index is 12.8. The fraction of sp³-hybridized carbons (Fsp3) is 0.227. The Hall–Kier alpha value is -2.67. The zero-order chi connectivity index (χ0) is 24.2. The zero-order valence-corrected chi connectivity index (χ0v) is 20.8. The van der Waals surface area contributed by atoms with Crippen LogP contribution in [-0.4, -0.2) is 53.9 Å². The van der Waals surface area contributed by atoms with Crippen molar-refractivity contribution in [3.63, 3.8) is 0 Å². The summed E-state index contributed by atoms with van der Waals surface area (Å²) in [7, 11) is 0. The number of unbranched alkanes of at least 4 members (excludes halogenated alkanes) is 1. The molecule has 2 aliphatic heterocycles. The molecule has 4 heterocycles. The highest BCUT2D eigenvalue weighted by Crippen LogP contribution is 2.36. The van der Waals surface area contributed by atoms with Gasteiger partial charge in [0.1, 0.15) is 26.2 Å². The molecule has 12 heteroatoms. The molecule has 0 aliphatic carbocycles. The molecule has 2 aromatic rings. The Morgan fingerprint density at radius 1 is 0.971 bits per heavy atom. The summed E-state index contributed by atoms with van der Waals surface area (Å²) in [5.74, 6) is -0.756. The first-order valence-electron chi connectivity index (χ1n) is 10.2. The van der Waals surface area contributed by atoms with Crippen LogP contribution in [0.1, 0.15) is 30.8 Å². The summed E-state index contributed by atoms with van der Waals surface area (Å²) in [6.07, 6.45) is 7.36. The second kappa shape index (κ2) is 10.7. The normalized spacial score (nSPS) is 19.8. The first kappa shape index (κ1) is 24.5. The molecule has 2 aliphatic rings. The number of thioether (sulfide) groups is 2. The maximum atomic E-state index is 12.8. The van der Waals surface area contributed by atoms with Crippen molar-refractivity contribution in [1.29, 1.82) is 0 Å². The number of thiocarbonyl (C=S) groups is 2. The molecule has 2 fully saturated rings. The van der Waals surface area contributed by atoms with E-state index in [2.05, 4.69) is 0 Å². The molecule has 34 heavy (non-hydrogen) atoms. The number of furan rings is 2. The molecule has 0 bridgehead atoms. The first-order chi connectivity index (χ1) is 16.3. The Labute approximate surface area is 214 Å². The van der Waals surface area contributed by atoms with Crippen molar-refractivity contribution in [3.05, 3.63) is 58.1 Å². The number of hydrogen-bond acceptors (Lipinski definition) is 9. The summed E-state index contributed by atoms with van der Waals surface area (Å²) in [5, 5.41) is 9.76. The fourth-order valence-corrected chi connectivity index (χ4v) is 6.04. The van der Waals surface area contributed by atoms with Crippen LogP contribution in [0, 0.1) is 0 Å². The van der Waals surface area contributed by atoms with Crippen LogP contribution in [0.5, 0.6) is 0 Å². The van der Waals surface area contributed by atoms with Gasteiger partial charge in [0.25, 0.3) is 11.8 Å². The third-order valence-corrected chi connectivity index (χ3v) is 7.74. The number of amides is 2. The predicted octanol–water partition coefficient (Wildman–Crippen LogP) is 4.60. The van der Waals surface area contributed by atoms with Gasteiger partial charge in [-0.05, 0) is 43.5 Å². The minimum Gasteiger partial charge on any atom is -0.480 e. The number of rotatable bonds is 9. The Morgan fingerprint density at radius 3 is 2.12 bits per heavy atom. The topological polar surface area (TPSA) is 104 Å². The molecule has 4 rings (SSSR count). The molecular formula is C22H18N2O6S4. The van der Waals surface area contributed by atoms with Gasteiger partial charge in [0.2, 0.25) is 0 Å². The van der Waals surface area contributed by atoms with E-state index in [-0.39, 0.29) is 16.6 Å². The average molecular weight is 535 g/mol. The molecule has 0 radical (unpaired) electrons. The van der Waals surface area contributed by atoms with Crippen molar-refractivity contribution < 1.29 is 28.3 Å². The van der Waals surface area contributed by atoms with Crippen molar-refractivity contribution in [2.45, 2.75) is 25.3 Å². The van der Waals surface area contributed by atoms with E-state index in [0.29, 0.717) is 45.0 Å². The average Bonchev–Trinajstić information content (AvgIpc) is 3.58. The SMILES string of the molecule is O=C(O)C(CCCCN1C(=O)C(=Cc2ccco2)SC1=S)N1C(=O)C(=Cc2ccco2)SC1=S. The van der Waals surface area contributed by atoms with Gasteiger partial charge < -0.3 is 13.9 Å². The van der Waals surface area contributed by atoms with Gasteiger partial charge in [-0.1, -0.05) is 48.0 Å². The molecule has 8 nitrogen and oxygen atoms in total. The second-order valence-corrected chi connectivity index (χ2v) is 10.6. The van der Waals surface area contributed by atoms with Crippen molar-refractivity contribution >= 4 is 86.5 Å². The number of nitrogens with zero attached hydrogens (tertiary/aromatic N) is 2. The number of aliphatic carboxylic acids is 1. The van der Waals surface area contributed by atoms with E-state index in [9.17, 15) is 19.5 Å². The van der Waals surface area contributed by atoms with Crippen molar-refractivity contribution in [2.24, 2.45) is 0 Å². The van der Waals surface area contributed by atoms with E-state index in [1.165, 1.54) is 29.2 Å². The fourth-order valence-electron chi connectivity index (χ4n) is 3.42. The Balaban J connectivity index is 1.34. The lowest BCUT2D eigenvalue weighted by Gasteiger charge is -2.23. The van der Waals surface area contributed by atoms with Gasteiger partial charge in [0, 0.05) is 18.7 Å². The molecular weight excluding hydrogens is 517 g/mol. The smallest absolute Gasteiger partial charge is 0.326 e. The summed E-state index contributed by atoms with van der Waals surface area (Å²) in [6, 6.07) is 5.77. The molecule has 0 saturated carbocycles. The van der Waals surface area contributed by atoms with Gasteiger partial charge in [-0.25, -0.2) is 4.79 Å². The van der Waals surface area contributed by atoms with Crippen LogP contribution in [0.4, 0.5) is 0 Å². The first-order valence-corrected chi connectivity index (χ1v) is 12.6. The zero-order valence-electron chi connectivity index (χ0n) is 17.5.